The van der Waals surface area contributed by atoms with Crippen molar-refractivity contribution in [2.45, 2.75) is 31.5 Å². The van der Waals surface area contributed by atoms with Gasteiger partial charge in [0.15, 0.2) is 0 Å². The number of aromatic nitrogens is 1. The first-order valence-electron chi connectivity index (χ1n) is 5.28. The van der Waals surface area contributed by atoms with Gasteiger partial charge in [-0.1, -0.05) is 5.16 Å². The second kappa shape index (κ2) is 4.38. The summed E-state index contributed by atoms with van der Waals surface area (Å²) in [6, 6.07) is -0.446. The Labute approximate surface area is 95.4 Å². The van der Waals surface area contributed by atoms with Gasteiger partial charge >= 0.3 is 6.18 Å². The minimum absolute atomic E-state index is 0.0522. The zero-order valence-electron chi connectivity index (χ0n) is 8.91. The van der Waals surface area contributed by atoms with Crippen molar-refractivity contribution in [1.29, 1.82) is 0 Å². The normalized spacial score (nSPS) is 21.6. The SMILES string of the molecule is O=C(c1ccno1)N1CCCCC1C(F)(F)F. The Kier molecular flexibility index (Phi) is 3.08. The van der Waals surface area contributed by atoms with E-state index in [0.29, 0.717) is 12.8 Å². The van der Waals surface area contributed by atoms with E-state index in [0.717, 1.165) is 4.90 Å². The number of piperidine rings is 1. The van der Waals surface area contributed by atoms with Crippen LogP contribution in [-0.4, -0.2) is 34.7 Å². The van der Waals surface area contributed by atoms with E-state index in [2.05, 4.69) is 9.68 Å². The van der Waals surface area contributed by atoms with Crippen LogP contribution in [0.5, 0.6) is 0 Å². The third-order valence-corrected chi connectivity index (χ3v) is 2.79. The fraction of sp³-hybridized carbons (Fsp3) is 0.600. The lowest BCUT2D eigenvalue weighted by atomic mass is 10.0. The summed E-state index contributed by atoms with van der Waals surface area (Å²) in [6.07, 6.45) is -2.16. The number of carbonyl (C=O) groups excluding carboxylic acids is 1. The lowest BCUT2D eigenvalue weighted by molar-refractivity contribution is -0.183. The molecule has 0 bridgehead atoms. The second-order valence-corrected chi connectivity index (χ2v) is 3.93. The molecule has 1 aliphatic heterocycles. The maximum absolute atomic E-state index is 12.8. The number of carbonyl (C=O) groups is 1. The monoisotopic (exact) mass is 248 g/mol. The number of nitrogens with zero attached hydrogens (tertiary/aromatic N) is 2. The molecule has 0 aliphatic carbocycles. The number of likely N-dealkylation sites (tertiary alicyclic amines) is 1. The summed E-state index contributed by atoms with van der Waals surface area (Å²) >= 11 is 0. The predicted molar refractivity (Wildman–Crippen MR) is 51.2 cm³/mol. The van der Waals surface area contributed by atoms with E-state index in [9.17, 15) is 18.0 Å². The summed E-state index contributed by atoms with van der Waals surface area (Å²) in [4.78, 5) is 12.6. The number of hydrogen-bond acceptors (Lipinski definition) is 3. The highest BCUT2D eigenvalue weighted by Crippen LogP contribution is 2.32. The number of rotatable bonds is 1. The van der Waals surface area contributed by atoms with Gasteiger partial charge in [0.1, 0.15) is 6.04 Å². The van der Waals surface area contributed by atoms with Crippen LogP contribution in [0.15, 0.2) is 16.8 Å². The second-order valence-electron chi connectivity index (χ2n) is 3.93. The summed E-state index contributed by atoms with van der Waals surface area (Å²) in [5.74, 6) is -0.898. The summed E-state index contributed by atoms with van der Waals surface area (Å²) < 4.78 is 42.9. The lowest BCUT2D eigenvalue weighted by Gasteiger charge is -2.36. The molecule has 0 N–H and O–H groups in total. The van der Waals surface area contributed by atoms with Gasteiger partial charge in [-0.15, -0.1) is 0 Å². The molecule has 2 heterocycles. The van der Waals surface area contributed by atoms with Crippen LogP contribution in [0.25, 0.3) is 0 Å². The zero-order chi connectivity index (χ0) is 12.5. The lowest BCUT2D eigenvalue weighted by Crippen LogP contribution is -2.51. The standard InChI is InChI=1S/C10H11F3N2O2/c11-10(12,13)8-3-1-2-6-15(8)9(16)7-4-5-14-17-7/h4-5,8H,1-3,6H2. The van der Waals surface area contributed by atoms with Crippen LogP contribution in [0.2, 0.25) is 0 Å². The molecule has 0 radical (unpaired) electrons. The Hall–Kier alpha value is -1.53. The molecule has 1 unspecified atom stereocenters. The van der Waals surface area contributed by atoms with Crippen LogP contribution in [0, 0.1) is 0 Å². The first-order chi connectivity index (χ1) is 8.00. The molecule has 0 spiro atoms. The molecule has 1 fully saturated rings. The van der Waals surface area contributed by atoms with Crippen molar-refractivity contribution in [2.75, 3.05) is 6.54 Å². The third kappa shape index (κ3) is 2.42. The van der Waals surface area contributed by atoms with E-state index in [1.54, 1.807) is 0 Å². The molecule has 2 rings (SSSR count). The number of halogens is 3. The van der Waals surface area contributed by atoms with Gasteiger partial charge in [0.25, 0.3) is 5.91 Å². The Balaban J connectivity index is 2.20. The van der Waals surface area contributed by atoms with Crippen molar-refractivity contribution in [3.05, 3.63) is 18.0 Å². The highest BCUT2D eigenvalue weighted by Gasteiger charge is 2.46. The van der Waals surface area contributed by atoms with E-state index in [1.165, 1.54) is 12.3 Å². The van der Waals surface area contributed by atoms with Gasteiger partial charge in [0.2, 0.25) is 5.76 Å². The molecule has 94 valence electrons. The van der Waals surface area contributed by atoms with Gasteiger partial charge < -0.3 is 9.42 Å². The maximum atomic E-state index is 12.8. The smallest absolute Gasteiger partial charge is 0.351 e. The van der Waals surface area contributed by atoms with Crippen LogP contribution < -0.4 is 0 Å². The number of alkyl halides is 3. The molecule has 1 atom stereocenters. The van der Waals surface area contributed by atoms with Crippen molar-refractivity contribution in [3.8, 4) is 0 Å². The first-order valence-corrected chi connectivity index (χ1v) is 5.28. The van der Waals surface area contributed by atoms with E-state index >= 15 is 0 Å². The van der Waals surface area contributed by atoms with Gasteiger partial charge in [-0.3, -0.25) is 4.79 Å². The van der Waals surface area contributed by atoms with Crippen molar-refractivity contribution < 1.29 is 22.5 Å². The van der Waals surface area contributed by atoms with Gasteiger partial charge in [0, 0.05) is 12.6 Å². The van der Waals surface area contributed by atoms with Crippen LogP contribution in [0.4, 0.5) is 13.2 Å². The molecule has 17 heavy (non-hydrogen) atoms. The Bertz CT molecular complexity index is 389. The first kappa shape index (κ1) is 11.9. The van der Waals surface area contributed by atoms with Crippen molar-refractivity contribution >= 4 is 5.91 Å². The van der Waals surface area contributed by atoms with Gasteiger partial charge in [-0.05, 0) is 19.3 Å². The van der Waals surface area contributed by atoms with E-state index in [1.807, 2.05) is 0 Å². The molecule has 1 saturated heterocycles. The zero-order valence-corrected chi connectivity index (χ0v) is 8.91. The minimum Gasteiger partial charge on any atom is -0.351 e. The topological polar surface area (TPSA) is 46.3 Å². The van der Waals surface area contributed by atoms with Crippen LogP contribution in [-0.2, 0) is 0 Å². The Morgan fingerprint density at radius 2 is 2.24 bits per heavy atom. The van der Waals surface area contributed by atoms with Crippen LogP contribution in [0.1, 0.15) is 29.8 Å². The number of hydrogen-bond donors (Lipinski definition) is 0. The average Bonchev–Trinajstić information content (AvgIpc) is 2.80. The molecule has 0 saturated carbocycles. The molecule has 1 aromatic heterocycles. The van der Waals surface area contributed by atoms with Gasteiger partial charge in [-0.25, -0.2) is 0 Å². The summed E-state index contributed by atoms with van der Waals surface area (Å²) in [6.45, 7) is 0.101. The fourth-order valence-corrected chi connectivity index (χ4v) is 1.98. The fourth-order valence-electron chi connectivity index (χ4n) is 1.98. The third-order valence-electron chi connectivity index (χ3n) is 2.79. The van der Waals surface area contributed by atoms with Crippen molar-refractivity contribution in [3.63, 3.8) is 0 Å². The van der Waals surface area contributed by atoms with E-state index in [4.69, 9.17) is 0 Å². The van der Waals surface area contributed by atoms with Gasteiger partial charge in [0.05, 0.1) is 6.20 Å². The van der Waals surface area contributed by atoms with Gasteiger partial charge in [-0.2, -0.15) is 13.2 Å². The van der Waals surface area contributed by atoms with Crippen LogP contribution in [0.3, 0.4) is 0 Å². The molecule has 0 aromatic carbocycles. The number of amides is 1. The quantitative estimate of drug-likeness (QED) is 0.765. The van der Waals surface area contributed by atoms with Crippen molar-refractivity contribution in [2.24, 2.45) is 0 Å². The molecule has 1 amide bonds. The summed E-state index contributed by atoms with van der Waals surface area (Å²) in [5, 5.41) is 3.32. The van der Waals surface area contributed by atoms with E-state index < -0.39 is 18.1 Å². The average molecular weight is 248 g/mol. The van der Waals surface area contributed by atoms with E-state index in [-0.39, 0.29) is 18.7 Å². The maximum Gasteiger partial charge on any atom is 0.408 e. The molecular weight excluding hydrogens is 237 g/mol. The highest BCUT2D eigenvalue weighted by molar-refractivity contribution is 5.91. The van der Waals surface area contributed by atoms with Crippen LogP contribution >= 0.6 is 0 Å². The molecule has 7 heteroatoms. The molecule has 4 nitrogen and oxygen atoms in total. The predicted octanol–water partition coefficient (Wildman–Crippen LogP) is 2.23. The Morgan fingerprint density at radius 1 is 1.47 bits per heavy atom. The minimum atomic E-state index is -4.39. The largest absolute Gasteiger partial charge is 0.408 e. The Morgan fingerprint density at radius 3 is 2.82 bits per heavy atom. The highest BCUT2D eigenvalue weighted by atomic mass is 19.4. The van der Waals surface area contributed by atoms with Crippen molar-refractivity contribution in [1.82, 2.24) is 10.1 Å². The summed E-state index contributed by atoms with van der Waals surface area (Å²) in [7, 11) is 0. The molecular formula is C10H11F3N2O2. The molecule has 1 aliphatic rings. The molecule has 1 aromatic rings. The summed E-state index contributed by atoms with van der Waals surface area (Å²) in [5.41, 5.74) is 0.